The normalized spacial score (nSPS) is 15.0. The highest BCUT2D eigenvalue weighted by molar-refractivity contribution is 7.98. The molecule has 0 atom stereocenters. The number of methoxy groups -OCH3 is 1. The van der Waals surface area contributed by atoms with Gasteiger partial charge in [-0.15, -0.1) is 0 Å². The van der Waals surface area contributed by atoms with Crippen LogP contribution < -0.4 is 15.6 Å². The molecule has 2 N–H and O–H groups in total. The van der Waals surface area contributed by atoms with Crippen LogP contribution in [0.15, 0.2) is 34.2 Å². The van der Waals surface area contributed by atoms with Crippen molar-refractivity contribution < 1.29 is 9.53 Å². The summed E-state index contributed by atoms with van der Waals surface area (Å²) in [6, 6.07) is 8.03. The number of carbonyl (C=O) groups excluding carboxylic acids is 1. The Morgan fingerprint density at radius 3 is 2.72 bits per heavy atom. The summed E-state index contributed by atoms with van der Waals surface area (Å²) >= 11 is 1.46. The fraction of sp³-hybridized carbons (Fsp3) is 0.500. The van der Waals surface area contributed by atoms with Crippen LogP contribution in [0.3, 0.4) is 0 Å². The lowest BCUT2D eigenvalue weighted by Gasteiger charge is -2.16. The van der Waals surface area contributed by atoms with E-state index in [1.165, 1.54) is 24.6 Å². The number of nitrogens with one attached hydrogen (secondary N) is 2. The van der Waals surface area contributed by atoms with Crippen molar-refractivity contribution in [1.82, 2.24) is 15.3 Å². The summed E-state index contributed by atoms with van der Waals surface area (Å²) in [4.78, 5) is 32.3. The summed E-state index contributed by atoms with van der Waals surface area (Å²) in [6.45, 7) is 1.79. The van der Waals surface area contributed by atoms with Gasteiger partial charge in [0.15, 0.2) is 5.16 Å². The minimum Gasteiger partial charge on any atom is -0.497 e. The van der Waals surface area contributed by atoms with E-state index in [1.54, 1.807) is 14.0 Å². The Bertz CT molecular complexity index is 889. The van der Waals surface area contributed by atoms with Crippen LogP contribution in [0.4, 0.5) is 0 Å². The highest BCUT2D eigenvalue weighted by Crippen LogP contribution is 2.22. The first-order valence-electron chi connectivity index (χ1n) is 10.2. The first-order chi connectivity index (χ1) is 14.0. The number of benzene rings is 1. The fourth-order valence-electron chi connectivity index (χ4n) is 3.64. The molecule has 7 heteroatoms. The van der Waals surface area contributed by atoms with Crippen molar-refractivity contribution in [2.75, 3.05) is 7.11 Å². The summed E-state index contributed by atoms with van der Waals surface area (Å²) < 4.78 is 5.24. The molecule has 1 fully saturated rings. The van der Waals surface area contributed by atoms with Crippen LogP contribution in [-0.2, 0) is 17.0 Å². The van der Waals surface area contributed by atoms with E-state index in [9.17, 15) is 9.59 Å². The Morgan fingerprint density at radius 1 is 1.28 bits per heavy atom. The lowest BCUT2D eigenvalue weighted by Crippen LogP contribution is -2.36. The SMILES string of the molecule is COc1cccc(CSc2nc(C)c(CC(=O)NC3CCCCCC3)c(=O)[nH]2)c1. The van der Waals surface area contributed by atoms with E-state index < -0.39 is 0 Å². The van der Waals surface area contributed by atoms with Crippen LogP contribution in [0, 0.1) is 6.92 Å². The Kier molecular flexibility index (Phi) is 7.75. The monoisotopic (exact) mass is 415 g/mol. The summed E-state index contributed by atoms with van der Waals surface area (Å²) in [5, 5.41) is 3.66. The number of thioether (sulfide) groups is 1. The molecule has 29 heavy (non-hydrogen) atoms. The summed E-state index contributed by atoms with van der Waals surface area (Å²) in [5.74, 6) is 1.38. The Labute approximate surface area is 175 Å². The van der Waals surface area contributed by atoms with E-state index in [-0.39, 0.29) is 23.9 Å². The molecule has 1 amide bonds. The molecular weight excluding hydrogens is 386 g/mol. The van der Waals surface area contributed by atoms with Crippen molar-refractivity contribution in [2.24, 2.45) is 0 Å². The van der Waals surface area contributed by atoms with Crippen LogP contribution in [0.2, 0.25) is 0 Å². The molecule has 1 saturated carbocycles. The maximum Gasteiger partial charge on any atom is 0.255 e. The Hall–Kier alpha value is -2.28. The lowest BCUT2D eigenvalue weighted by molar-refractivity contribution is -0.121. The first kappa shape index (κ1) is 21.4. The summed E-state index contributed by atoms with van der Waals surface area (Å²) in [7, 11) is 1.64. The molecule has 0 saturated heterocycles. The number of aryl methyl sites for hydroxylation is 1. The molecule has 156 valence electrons. The van der Waals surface area contributed by atoms with Gasteiger partial charge in [-0.05, 0) is 37.5 Å². The van der Waals surface area contributed by atoms with Gasteiger partial charge in [0, 0.05) is 23.1 Å². The van der Waals surface area contributed by atoms with Crippen molar-refractivity contribution >= 4 is 17.7 Å². The summed E-state index contributed by atoms with van der Waals surface area (Å²) in [6.07, 6.45) is 6.93. The number of ether oxygens (including phenoxy) is 1. The molecule has 2 aromatic rings. The van der Waals surface area contributed by atoms with Crippen molar-refractivity contribution in [3.05, 3.63) is 51.4 Å². The van der Waals surface area contributed by atoms with Gasteiger partial charge in [0.05, 0.1) is 13.5 Å². The van der Waals surface area contributed by atoms with Gasteiger partial charge >= 0.3 is 0 Å². The standard InChI is InChI=1S/C22H29N3O3S/c1-15-19(13-20(26)24-17-9-5-3-4-6-10-17)21(27)25-22(23-15)29-14-16-8-7-11-18(12-16)28-2/h7-8,11-12,17H,3-6,9-10,13-14H2,1-2H3,(H,24,26)(H,23,25,27). The molecule has 0 aliphatic heterocycles. The maximum atomic E-state index is 12.5. The third-order valence-corrected chi connectivity index (χ3v) is 6.21. The van der Waals surface area contributed by atoms with E-state index in [2.05, 4.69) is 15.3 Å². The molecule has 0 bridgehead atoms. The predicted octanol–water partition coefficient (Wildman–Crippen LogP) is 3.76. The Morgan fingerprint density at radius 2 is 2.03 bits per heavy atom. The van der Waals surface area contributed by atoms with E-state index in [0.717, 1.165) is 37.0 Å². The maximum absolute atomic E-state index is 12.5. The molecule has 0 radical (unpaired) electrons. The van der Waals surface area contributed by atoms with Crippen LogP contribution in [0.1, 0.15) is 55.3 Å². The van der Waals surface area contributed by atoms with Gasteiger partial charge in [-0.25, -0.2) is 4.98 Å². The number of carbonyl (C=O) groups is 1. The van der Waals surface area contributed by atoms with Crippen LogP contribution >= 0.6 is 11.8 Å². The number of aromatic nitrogens is 2. The molecule has 3 rings (SSSR count). The number of amides is 1. The second-order valence-corrected chi connectivity index (χ2v) is 8.47. The van der Waals surface area contributed by atoms with Crippen molar-refractivity contribution in [3.8, 4) is 5.75 Å². The van der Waals surface area contributed by atoms with Gasteiger partial charge in [-0.2, -0.15) is 0 Å². The second kappa shape index (κ2) is 10.5. The average Bonchev–Trinajstić information content (AvgIpc) is 2.98. The Balaban J connectivity index is 1.61. The number of aromatic amines is 1. The van der Waals surface area contributed by atoms with Crippen molar-refractivity contribution in [3.63, 3.8) is 0 Å². The topological polar surface area (TPSA) is 84.1 Å². The van der Waals surface area contributed by atoms with E-state index >= 15 is 0 Å². The molecule has 6 nitrogen and oxygen atoms in total. The van der Waals surface area contributed by atoms with Crippen LogP contribution in [0.25, 0.3) is 0 Å². The third-order valence-electron chi connectivity index (χ3n) is 5.27. The summed E-state index contributed by atoms with van der Waals surface area (Å²) in [5.41, 5.74) is 1.91. The quantitative estimate of drug-likeness (QED) is 0.409. The largest absolute Gasteiger partial charge is 0.497 e. The average molecular weight is 416 g/mol. The smallest absolute Gasteiger partial charge is 0.255 e. The van der Waals surface area contributed by atoms with Gasteiger partial charge in [0.2, 0.25) is 5.91 Å². The molecule has 0 spiro atoms. The number of H-pyrrole nitrogens is 1. The predicted molar refractivity (Wildman–Crippen MR) is 115 cm³/mol. The molecule has 1 heterocycles. The van der Waals surface area contributed by atoms with Gasteiger partial charge in [-0.1, -0.05) is 49.6 Å². The van der Waals surface area contributed by atoms with Crippen molar-refractivity contribution in [1.29, 1.82) is 0 Å². The van der Waals surface area contributed by atoms with Crippen LogP contribution in [-0.4, -0.2) is 29.0 Å². The van der Waals surface area contributed by atoms with Crippen LogP contribution in [0.5, 0.6) is 5.75 Å². The van der Waals surface area contributed by atoms with E-state index in [4.69, 9.17) is 4.74 Å². The molecule has 1 aliphatic carbocycles. The highest BCUT2D eigenvalue weighted by Gasteiger charge is 2.17. The first-order valence-corrected chi connectivity index (χ1v) is 11.2. The molecule has 1 aliphatic rings. The number of hydrogen-bond acceptors (Lipinski definition) is 5. The minimum atomic E-state index is -0.235. The fourth-order valence-corrected chi connectivity index (χ4v) is 4.49. The van der Waals surface area contributed by atoms with Crippen molar-refractivity contribution in [2.45, 2.75) is 68.8 Å². The minimum absolute atomic E-state index is 0.0749. The number of hydrogen-bond donors (Lipinski definition) is 2. The molecule has 0 unspecified atom stereocenters. The van der Waals surface area contributed by atoms with Gasteiger partial charge < -0.3 is 15.0 Å². The van der Waals surface area contributed by atoms with Gasteiger partial charge in [0.25, 0.3) is 5.56 Å². The zero-order chi connectivity index (χ0) is 20.6. The molecular formula is C22H29N3O3S. The zero-order valence-electron chi connectivity index (χ0n) is 17.1. The third kappa shape index (κ3) is 6.35. The zero-order valence-corrected chi connectivity index (χ0v) is 17.9. The lowest BCUT2D eigenvalue weighted by atomic mass is 10.1. The highest BCUT2D eigenvalue weighted by atomic mass is 32.2. The number of nitrogens with zero attached hydrogens (tertiary/aromatic N) is 1. The molecule has 1 aromatic carbocycles. The van der Waals surface area contributed by atoms with Gasteiger partial charge in [0.1, 0.15) is 5.75 Å². The molecule has 1 aromatic heterocycles. The van der Waals surface area contributed by atoms with E-state index in [0.29, 0.717) is 22.2 Å². The van der Waals surface area contributed by atoms with Gasteiger partial charge in [-0.3, -0.25) is 9.59 Å². The second-order valence-electron chi connectivity index (χ2n) is 7.51. The van der Waals surface area contributed by atoms with E-state index in [1.807, 2.05) is 24.3 Å². The number of rotatable bonds is 7.